The van der Waals surface area contributed by atoms with Gasteiger partial charge < -0.3 is 14.8 Å². The number of carbonyl (C=O) groups excluding carboxylic acids is 1. The van der Waals surface area contributed by atoms with Crippen molar-refractivity contribution in [2.24, 2.45) is 22.2 Å². The number of carbonyl (C=O) groups is 1. The van der Waals surface area contributed by atoms with Crippen LogP contribution in [0.25, 0.3) is 0 Å². The highest BCUT2D eigenvalue weighted by atomic mass is 35.5. The number of halogens is 1. The molecule has 2 aromatic rings. The van der Waals surface area contributed by atoms with Crippen molar-refractivity contribution in [1.82, 2.24) is 36.8 Å². The Labute approximate surface area is 352 Å². The zero-order valence-corrected chi connectivity index (χ0v) is 35.8. The summed E-state index contributed by atoms with van der Waals surface area (Å²) in [4.78, 5) is 24.0. The summed E-state index contributed by atoms with van der Waals surface area (Å²) in [6.07, 6.45) is 10.7. The van der Waals surface area contributed by atoms with E-state index in [4.69, 9.17) is 31.3 Å². The van der Waals surface area contributed by atoms with E-state index in [2.05, 4.69) is 107 Å². The monoisotopic (exact) mass is 829 g/mol. The Morgan fingerprint density at radius 1 is 0.948 bits per heavy atom. The van der Waals surface area contributed by atoms with E-state index in [0.717, 1.165) is 70.2 Å². The lowest BCUT2D eigenvalue weighted by Crippen LogP contribution is -2.62. The van der Waals surface area contributed by atoms with Crippen LogP contribution in [0.15, 0.2) is 47.5 Å². The number of benzene rings is 2. The van der Waals surface area contributed by atoms with Crippen molar-refractivity contribution >= 4 is 35.0 Å². The Balaban J connectivity index is 0.741. The Kier molecular flexibility index (Phi) is 11.8. The summed E-state index contributed by atoms with van der Waals surface area (Å²) in [5.41, 5.74) is 17.1. The number of fused-ring (bicyclic) bond motifs is 3. The van der Waals surface area contributed by atoms with Crippen LogP contribution in [-0.2, 0) is 4.79 Å². The first-order chi connectivity index (χ1) is 28.1. The summed E-state index contributed by atoms with van der Waals surface area (Å²) in [6.45, 7) is 11.4. The summed E-state index contributed by atoms with van der Waals surface area (Å²) < 4.78 is 13.0. The molecule has 2 aromatic carbocycles. The second-order valence-corrected chi connectivity index (χ2v) is 20.2. The average molecular weight is 831 g/mol. The molecule has 14 heteroatoms. The highest BCUT2D eigenvalue weighted by Gasteiger charge is 2.53. The fraction of sp³-hybridized carbons (Fsp3) is 0.659. The molecule has 5 N–H and O–H groups in total. The molecule has 9 rings (SSSR count). The predicted octanol–water partition coefficient (Wildman–Crippen LogP) is 5.91. The summed E-state index contributed by atoms with van der Waals surface area (Å²) in [5, 5.41) is 13.8. The Morgan fingerprint density at radius 2 is 1.76 bits per heavy atom. The lowest BCUT2D eigenvalue weighted by Gasteiger charge is -2.37. The van der Waals surface area contributed by atoms with E-state index in [-0.39, 0.29) is 60.2 Å². The standard InChI is InChI=1S/C44H60ClN9O3S/c1-25-27(3)58-43-39(25)40(47-26(2)41-52-49-28(4)54(41)43)29-6-5-7-33(20-29)57-35-16-17-44(22-35)18-19-53(24-44)38-15-14-37(50-51-38)42(55)48-31-9-12-32(13-10-31)56-34-11-8-30(23-46)36(45)21-34/h5-8,11,20-21,25-28,31-32,35,37-39,41,43,49-52H,9-10,12-19,22,24H2,1-4H3,(H,48,55)/t25?,26-,27?,28?,31?,32?,35?,37?,38?,39?,41?,43?,44?/m0/s1. The highest BCUT2D eigenvalue weighted by Crippen LogP contribution is 2.50. The fourth-order valence-corrected chi connectivity index (χ4v) is 13.1. The molecule has 12 nitrogen and oxygen atoms in total. The molecule has 5 aliphatic heterocycles. The minimum absolute atomic E-state index is 0.0721. The number of hydrazine groups is 2. The Morgan fingerprint density at radius 3 is 2.53 bits per heavy atom. The van der Waals surface area contributed by atoms with Crippen molar-refractivity contribution in [1.29, 1.82) is 5.26 Å². The number of aliphatic imine (C=N–C) groups is 1. The molecular weight excluding hydrogens is 770 g/mol. The molecule has 11 atom stereocenters. The molecule has 2 saturated carbocycles. The molecule has 0 bridgehead atoms. The van der Waals surface area contributed by atoms with Crippen molar-refractivity contribution < 1.29 is 14.3 Å². The van der Waals surface area contributed by atoms with E-state index >= 15 is 0 Å². The van der Waals surface area contributed by atoms with Gasteiger partial charge in [0.05, 0.1) is 52.7 Å². The number of hydrogen-bond donors (Lipinski definition) is 5. The number of nitriles is 1. The lowest BCUT2D eigenvalue weighted by molar-refractivity contribution is -0.125. The third kappa shape index (κ3) is 8.13. The summed E-state index contributed by atoms with van der Waals surface area (Å²) in [6, 6.07) is 16.1. The van der Waals surface area contributed by atoms with E-state index in [1.54, 1.807) is 18.2 Å². The number of rotatable bonds is 8. The van der Waals surface area contributed by atoms with Crippen LogP contribution in [0.1, 0.15) is 103 Å². The number of nitrogens with zero attached hydrogens (tertiary/aromatic N) is 4. The zero-order chi connectivity index (χ0) is 40.1. The molecule has 58 heavy (non-hydrogen) atoms. The van der Waals surface area contributed by atoms with E-state index < -0.39 is 0 Å². The van der Waals surface area contributed by atoms with Crippen molar-refractivity contribution in [2.45, 2.75) is 151 Å². The molecule has 1 amide bonds. The van der Waals surface area contributed by atoms with Gasteiger partial charge in [-0.15, -0.1) is 11.8 Å². The smallest absolute Gasteiger partial charge is 0.238 e. The molecule has 7 aliphatic rings. The highest BCUT2D eigenvalue weighted by molar-refractivity contribution is 8.00. The van der Waals surface area contributed by atoms with Gasteiger partial charge in [-0.1, -0.05) is 37.6 Å². The zero-order valence-electron chi connectivity index (χ0n) is 34.3. The largest absolute Gasteiger partial charge is 0.490 e. The van der Waals surface area contributed by atoms with Gasteiger partial charge in [0.1, 0.15) is 23.6 Å². The molecule has 10 unspecified atom stereocenters. The summed E-state index contributed by atoms with van der Waals surface area (Å²) in [5.74, 6) is 2.59. The number of hydrogen-bond acceptors (Lipinski definition) is 12. The normalized spacial score (nSPS) is 39.1. The van der Waals surface area contributed by atoms with Crippen LogP contribution >= 0.6 is 23.4 Å². The maximum absolute atomic E-state index is 13.3. The SMILES string of the molecule is CC1SC2C(C(c3cccc(OC4CCC5(CCN(C6CCC(C(=O)NC7CCC(Oc8ccc(C#N)c(Cl)c8)CC7)NN6)C5)C4)c3)=N[C@@H](C)C3NNC(C)N23)C1C. The molecule has 2 aliphatic carbocycles. The van der Waals surface area contributed by atoms with E-state index in [1.165, 1.54) is 24.1 Å². The molecule has 4 saturated heterocycles. The number of thioether (sulfide) groups is 1. The van der Waals surface area contributed by atoms with Gasteiger partial charge in [-0.05, 0) is 119 Å². The van der Waals surface area contributed by atoms with Gasteiger partial charge in [0.15, 0.2) is 0 Å². The summed E-state index contributed by atoms with van der Waals surface area (Å²) >= 11 is 8.29. The van der Waals surface area contributed by atoms with Gasteiger partial charge >= 0.3 is 0 Å². The van der Waals surface area contributed by atoms with Crippen LogP contribution < -0.4 is 36.5 Å². The molecule has 0 radical (unpaired) electrons. The predicted molar refractivity (Wildman–Crippen MR) is 228 cm³/mol. The van der Waals surface area contributed by atoms with Crippen LogP contribution in [0.5, 0.6) is 11.5 Å². The minimum atomic E-state index is -0.242. The van der Waals surface area contributed by atoms with Crippen molar-refractivity contribution in [2.75, 3.05) is 13.1 Å². The number of likely N-dealkylation sites (tertiary alicyclic amines) is 1. The van der Waals surface area contributed by atoms with Gasteiger partial charge in [0.2, 0.25) is 5.91 Å². The number of amides is 1. The first kappa shape index (κ1) is 40.5. The molecule has 0 aromatic heterocycles. The van der Waals surface area contributed by atoms with Gasteiger partial charge in [0, 0.05) is 42.1 Å². The van der Waals surface area contributed by atoms with Crippen molar-refractivity contribution in [3.8, 4) is 17.6 Å². The molecule has 312 valence electrons. The van der Waals surface area contributed by atoms with E-state index in [1.807, 2.05) is 0 Å². The van der Waals surface area contributed by atoms with Crippen LogP contribution in [0.4, 0.5) is 0 Å². The van der Waals surface area contributed by atoms with Crippen molar-refractivity contribution in [3.05, 3.63) is 58.6 Å². The van der Waals surface area contributed by atoms with Gasteiger partial charge in [-0.2, -0.15) is 5.26 Å². The van der Waals surface area contributed by atoms with E-state index in [9.17, 15) is 4.79 Å². The average Bonchev–Trinajstić information content (AvgIpc) is 3.99. The minimum Gasteiger partial charge on any atom is -0.490 e. The lowest BCUT2D eigenvalue weighted by atomic mass is 9.84. The fourth-order valence-electron chi connectivity index (χ4n) is 11.0. The third-order valence-electron chi connectivity index (χ3n) is 14.4. The molecule has 1 spiro atoms. The van der Waals surface area contributed by atoms with Gasteiger partial charge in [-0.3, -0.25) is 19.6 Å². The molecule has 6 fully saturated rings. The van der Waals surface area contributed by atoms with Crippen LogP contribution in [0.2, 0.25) is 5.02 Å². The van der Waals surface area contributed by atoms with E-state index in [0.29, 0.717) is 38.8 Å². The third-order valence-corrected chi connectivity index (χ3v) is 16.4. The maximum atomic E-state index is 13.3. The number of ether oxygens (including phenoxy) is 2. The first-order valence-electron chi connectivity index (χ1n) is 21.8. The van der Waals surface area contributed by atoms with Crippen LogP contribution in [0.3, 0.4) is 0 Å². The first-order valence-corrected chi connectivity index (χ1v) is 23.1. The molecular formula is C44H60ClN9O3S. The maximum Gasteiger partial charge on any atom is 0.238 e. The van der Waals surface area contributed by atoms with Crippen LogP contribution in [0, 0.1) is 28.6 Å². The van der Waals surface area contributed by atoms with Gasteiger partial charge in [-0.25, -0.2) is 21.7 Å². The Bertz CT molecular complexity index is 1900. The quantitative estimate of drug-likeness (QED) is 0.217. The van der Waals surface area contributed by atoms with Gasteiger partial charge in [0.25, 0.3) is 0 Å². The second kappa shape index (κ2) is 16.8. The summed E-state index contributed by atoms with van der Waals surface area (Å²) in [7, 11) is 0. The number of nitrogens with one attached hydrogen (secondary N) is 5. The second-order valence-electron chi connectivity index (χ2n) is 18.2. The topological polar surface area (TPSA) is 138 Å². The van der Waals surface area contributed by atoms with Crippen LogP contribution in [-0.4, -0.2) is 94.0 Å². The Hall–Kier alpha value is -2.93. The molecule has 5 heterocycles. The van der Waals surface area contributed by atoms with Crippen molar-refractivity contribution in [3.63, 3.8) is 0 Å².